The van der Waals surface area contributed by atoms with Gasteiger partial charge in [-0.05, 0) is 55.9 Å². The highest BCUT2D eigenvalue weighted by atomic mass is 16.5. The molecule has 2 aromatic rings. The van der Waals surface area contributed by atoms with Crippen LogP contribution in [0.15, 0.2) is 45.5 Å². The van der Waals surface area contributed by atoms with E-state index in [0.29, 0.717) is 23.5 Å². The van der Waals surface area contributed by atoms with E-state index in [4.69, 9.17) is 9.47 Å². The molecule has 0 saturated heterocycles. The van der Waals surface area contributed by atoms with Crippen LogP contribution in [0.2, 0.25) is 0 Å². The first-order valence-electron chi connectivity index (χ1n) is 10.1. The van der Waals surface area contributed by atoms with E-state index in [-0.39, 0.29) is 6.54 Å². The number of allylic oxidation sites excluding steroid dienone is 3. The Morgan fingerprint density at radius 3 is 2.65 bits per heavy atom. The van der Waals surface area contributed by atoms with Crippen LogP contribution >= 0.6 is 0 Å². The van der Waals surface area contributed by atoms with Crippen LogP contribution < -0.4 is 20.7 Å². The Hall–Kier alpha value is -3.55. The molecule has 0 atom stereocenters. The highest BCUT2D eigenvalue weighted by Crippen LogP contribution is 2.28. The van der Waals surface area contributed by atoms with Gasteiger partial charge in [-0.1, -0.05) is 23.8 Å². The maximum absolute atomic E-state index is 12.7. The van der Waals surface area contributed by atoms with Gasteiger partial charge in [-0.3, -0.25) is 19.1 Å². The quantitative estimate of drug-likeness (QED) is 0.381. The summed E-state index contributed by atoms with van der Waals surface area (Å²) in [6.45, 7) is 0.187. The highest BCUT2D eigenvalue weighted by Gasteiger charge is 2.19. The van der Waals surface area contributed by atoms with E-state index in [0.717, 1.165) is 30.3 Å². The van der Waals surface area contributed by atoms with E-state index in [9.17, 15) is 19.5 Å². The Balaban J connectivity index is 1.85. The minimum absolute atomic E-state index is 0.187. The second-order valence-corrected chi connectivity index (χ2v) is 7.28. The molecule has 0 radical (unpaired) electrons. The number of H-pyrrole nitrogens is 1. The van der Waals surface area contributed by atoms with Crippen LogP contribution in [0.3, 0.4) is 0 Å². The van der Waals surface area contributed by atoms with E-state index < -0.39 is 28.5 Å². The number of aromatic nitrogens is 2. The number of nitrogens with zero attached hydrogens (tertiary/aromatic N) is 1. The molecule has 0 aliphatic heterocycles. The van der Waals surface area contributed by atoms with Crippen LogP contribution in [-0.2, 0) is 6.54 Å². The predicted molar refractivity (Wildman–Crippen MR) is 117 cm³/mol. The number of ketones is 1. The zero-order valence-corrected chi connectivity index (χ0v) is 17.6. The van der Waals surface area contributed by atoms with Crippen molar-refractivity contribution < 1.29 is 19.4 Å². The molecule has 0 amide bonds. The van der Waals surface area contributed by atoms with Crippen molar-refractivity contribution in [2.75, 3.05) is 14.2 Å². The molecule has 8 heteroatoms. The summed E-state index contributed by atoms with van der Waals surface area (Å²) in [5, 5.41) is 10.5. The lowest BCUT2D eigenvalue weighted by Crippen LogP contribution is -2.33. The maximum atomic E-state index is 12.7. The molecule has 0 fully saturated rings. The molecule has 0 unspecified atom stereocenters. The summed E-state index contributed by atoms with van der Waals surface area (Å²) in [4.78, 5) is 39.2. The van der Waals surface area contributed by atoms with E-state index in [1.807, 2.05) is 0 Å². The van der Waals surface area contributed by atoms with Gasteiger partial charge in [0.05, 0.1) is 14.2 Å². The third kappa shape index (κ3) is 5.14. The summed E-state index contributed by atoms with van der Waals surface area (Å²) in [7, 11) is 3.02. The number of aromatic amines is 1. The molecule has 1 heterocycles. The summed E-state index contributed by atoms with van der Waals surface area (Å²) >= 11 is 0. The molecule has 164 valence electrons. The van der Waals surface area contributed by atoms with Gasteiger partial charge in [-0.15, -0.1) is 0 Å². The number of rotatable bonds is 8. The third-order valence-corrected chi connectivity index (χ3v) is 5.29. The largest absolute Gasteiger partial charge is 0.494 e. The fourth-order valence-electron chi connectivity index (χ4n) is 3.59. The molecule has 2 N–H and O–H groups in total. The summed E-state index contributed by atoms with van der Waals surface area (Å²) in [5.74, 6) is -0.296. The standard InChI is InChI=1S/C23H26N2O6/c1-30-18-11-9-16(14-19(18)31-2)8-10-17(26)20-21(27)24-23(29)25(22(20)28)13-12-15-6-4-3-5-7-15/h6,8-11,14,28H,3-5,7,12-13H2,1-2H3,(H,24,27,29)/b10-8+. The van der Waals surface area contributed by atoms with Crippen molar-refractivity contribution in [3.63, 3.8) is 0 Å². The number of hydrogen-bond acceptors (Lipinski definition) is 6. The first kappa shape index (κ1) is 22.1. The molecule has 8 nitrogen and oxygen atoms in total. The number of benzene rings is 1. The highest BCUT2D eigenvalue weighted by molar-refractivity contribution is 6.08. The van der Waals surface area contributed by atoms with Crippen molar-refractivity contribution in [3.05, 3.63) is 67.9 Å². The number of ether oxygens (including phenoxy) is 2. The fraction of sp³-hybridized carbons (Fsp3) is 0.348. The third-order valence-electron chi connectivity index (χ3n) is 5.29. The summed E-state index contributed by atoms with van der Waals surface area (Å²) < 4.78 is 11.4. The Kier molecular flexibility index (Phi) is 7.12. The molecule has 1 aliphatic rings. The number of carbonyl (C=O) groups excluding carboxylic acids is 1. The molecule has 0 spiro atoms. The molecular formula is C23H26N2O6. The number of aromatic hydroxyl groups is 1. The second-order valence-electron chi connectivity index (χ2n) is 7.28. The predicted octanol–water partition coefficient (Wildman–Crippen LogP) is 3.05. The Morgan fingerprint density at radius 2 is 1.97 bits per heavy atom. The first-order chi connectivity index (χ1) is 14.9. The molecule has 3 rings (SSSR count). The number of methoxy groups -OCH3 is 2. The van der Waals surface area contributed by atoms with Crippen LogP contribution in [0.1, 0.15) is 48.0 Å². The summed E-state index contributed by atoms with van der Waals surface area (Å²) in [6.07, 6.45) is 9.60. The first-order valence-corrected chi connectivity index (χ1v) is 10.1. The van der Waals surface area contributed by atoms with Crippen LogP contribution in [0.25, 0.3) is 6.08 Å². The minimum atomic E-state index is -0.919. The molecule has 0 bridgehead atoms. The second kappa shape index (κ2) is 9.97. The van der Waals surface area contributed by atoms with Gasteiger partial charge in [-0.2, -0.15) is 0 Å². The topological polar surface area (TPSA) is 111 Å². The van der Waals surface area contributed by atoms with Gasteiger partial charge >= 0.3 is 5.69 Å². The van der Waals surface area contributed by atoms with Crippen LogP contribution in [0, 0.1) is 0 Å². The molecule has 1 aromatic carbocycles. The van der Waals surface area contributed by atoms with Crippen LogP contribution in [0.4, 0.5) is 0 Å². The molecule has 31 heavy (non-hydrogen) atoms. The van der Waals surface area contributed by atoms with Crippen molar-refractivity contribution in [1.82, 2.24) is 9.55 Å². The summed E-state index contributed by atoms with van der Waals surface area (Å²) in [5.41, 5.74) is -0.268. The van der Waals surface area contributed by atoms with Crippen molar-refractivity contribution in [1.29, 1.82) is 0 Å². The molecule has 1 aromatic heterocycles. The van der Waals surface area contributed by atoms with Crippen LogP contribution in [0.5, 0.6) is 17.4 Å². The Morgan fingerprint density at radius 1 is 1.19 bits per heavy atom. The lowest BCUT2D eigenvalue weighted by atomic mass is 9.97. The molecule has 0 saturated carbocycles. The Labute approximate surface area is 179 Å². The van der Waals surface area contributed by atoms with E-state index in [1.165, 1.54) is 31.9 Å². The van der Waals surface area contributed by atoms with Gasteiger partial charge in [0.1, 0.15) is 5.56 Å². The lowest BCUT2D eigenvalue weighted by Gasteiger charge is -2.14. The monoisotopic (exact) mass is 426 g/mol. The van der Waals surface area contributed by atoms with E-state index in [1.54, 1.807) is 18.2 Å². The van der Waals surface area contributed by atoms with Crippen molar-refractivity contribution >= 4 is 11.9 Å². The fourth-order valence-corrected chi connectivity index (χ4v) is 3.59. The zero-order chi connectivity index (χ0) is 22.4. The van der Waals surface area contributed by atoms with E-state index in [2.05, 4.69) is 11.1 Å². The average molecular weight is 426 g/mol. The number of nitrogens with one attached hydrogen (secondary N) is 1. The van der Waals surface area contributed by atoms with Crippen molar-refractivity contribution in [2.45, 2.75) is 38.6 Å². The minimum Gasteiger partial charge on any atom is -0.494 e. The summed E-state index contributed by atoms with van der Waals surface area (Å²) in [6, 6.07) is 5.08. The van der Waals surface area contributed by atoms with E-state index >= 15 is 0 Å². The van der Waals surface area contributed by atoms with Gasteiger partial charge in [0, 0.05) is 6.54 Å². The van der Waals surface area contributed by atoms with Gasteiger partial charge in [0.2, 0.25) is 5.88 Å². The van der Waals surface area contributed by atoms with Gasteiger partial charge in [0.15, 0.2) is 17.3 Å². The average Bonchev–Trinajstić information content (AvgIpc) is 2.77. The lowest BCUT2D eigenvalue weighted by molar-refractivity contribution is 0.104. The SMILES string of the molecule is COc1ccc(/C=C/C(=O)c2c(O)n(CCC3=CCCCC3)c(=O)[nH]c2=O)cc1OC. The van der Waals surface area contributed by atoms with Gasteiger partial charge in [0.25, 0.3) is 5.56 Å². The normalized spacial score (nSPS) is 13.8. The smallest absolute Gasteiger partial charge is 0.331 e. The van der Waals surface area contributed by atoms with Gasteiger partial charge < -0.3 is 14.6 Å². The molecule has 1 aliphatic carbocycles. The van der Waals surface area contributed by atoms with Crippen molar-refractivity contribution in [2.24, 2.45) is 0 Å². The Bertz CT molecular complexity index is 1140. The van der Waals surface area contributed by atoms with Crippen molar-refractivity contribution in [3.8, 4) is 17.4 Å². The number of carbonyl (C=O) groups is 1. The van der Waals surface area contributed by atoms with Gasteiger partial charge in [-0.25, -0.2) is 4.79 Å². The zero-order valence-electron chi connectivity index (χ0n) is 17.6. The van der Waals surface area contributed by atoms with Crippen LogP contribution in [-0.4, -0.2) is 34.7 Å². The molecular weight excluding hydrogens is 400 g/mol. The number of hydrogen-bond donors (Lipinski definition) is 2. The maximum Gasteiger partial charge on any atom is 0.331 e.